The van der Waals surface area contributed by atoms with E-state index in [4.69, 9.17) is 4.74 Å². The molecule has 0 bridgehead atoms. The number of aromatic nitrogens is 1. The van der Waals surface area contributed by atoms with E-state index in [1.54, 1.807) is 12.3 Å². The molecule has 6 heteroatoms. The van der Waals surface area contributed by atoms with Gasteiger partial charge in [-0.1, -0.05) is 25.0 Å². The van der Waals surface area contributed by atoms with Crippen LogP contribution in [0.5, 0.6) is 5.75 Å². The van der Waals surface area contributed by atoms with Crippen molar-refractivity contribution in [1.82, 2.24) is 4.98 Å². The molecule has 1 unspecified atom stereocenters. The average molecular weight is 365 g/mol. The number of pyridine rings is 1. The summed E-state index contributed by atoms with van der Waals surface area (Å²) >= 11 is 0. The van der Waals surface area contributed by atoms with Gasteiger partial charge in [0.05, 0.1) is 11.7 Å². The van der Waals surface area contributed by atoms with Crippen molar-refractivity contribution in [1.29, 1.82) is 0 Å². The lowest BCUT2D eigenvalue weighted by molar-refractivity contribution is -0.137. The lowest BCUT2D eigenvalue weighted by Crippen LogP contribution is -2.17. The van der Waals surface area contributed by atoms with Gasteiger partial charge in [0.1, 0.15) is 11.9 Å². The number of ether oxygens (including phenoxy) is 1. The Hall–Kier alpha value is -2.08. The van der Waals surface area contributed by atoms with E-state index >= 15 is 0 Å². The second-order valence-electron chi connectivity index (χ2n) is 6.67. The third-order valence-corrected chi connectivity index (χ3v) is 4.73. The Morgan fingerprint density at radius 3 is 2.50 bits per heavy atom. The first-order valence-corrected chi connectivity index (χ1v) is 8.91. The van der Waals surface area contributed by atoms with E-state index in [0.717, 1.165) is 37.8 Å². The third kappa shape index (κ3) is 4.55. The van der Waals surface area contributed by atoms with Crippen molar-refractivity contribution in [3.63, 3.8) is 0 Å². The molecular weight excluding hydrogens is 343 g/mol. The van der Waals surface area contributed by atoms with Gasteiger partial charge in [0.15, 0.2) is 0 Å². The van der Waals surface area contributed by atoms with Gasteiger partial charge < -0.3 is 9.84 Å². The van der Waals surface area contributed by atoms with Crippen LogP contribution in [0, 0.1) is 0 Å². The fourth-order valence-corrected chi connectivity index (χ4v) is 3.31. The molecule has 1 heterocycles. The van der Waals surface area contributed by atoms with Gasteiger partial charge >= 0.3 is 6.18 Å². The molecule has 0 radical (unpaired) electrons. The van der Waals surface area contributed by atoms with Gasteiger partial charge in [0.2, 0.25) is 0 Å². The third-order valence-electron chi connectivity index (χ3n) is 4.73. The molecule has 2 aromatic rings. The number of hydrogen-bond donors (Lipinski definition) is 1. The Balaban J connectivity index is 1.85. The van der Waals surface area contributed by atoms with E-state index in [1.807, 2.05) is 0 Å². The first-order valence-electron chi connectivity index (χ1n) is 8.91. The predicted octanol–water partition coefficient (Wildman–Crippen LogP) is 5.28. The first kappa shape index (κ1) is 18.7. The number of aliphatic hydroxyl groups is 1. The highest BCUT2D eigenvalue weighted by atomic mass is 19.4. The molecular formula is C20H22F3NO2. The maximum absolute atomic E-state index is 12.9. The summed E-state index contributed by atoms with van der Waals surface area (Å²) in [5.41, 5.74) is -0.237. The summed E-state index contributed by atoms with van der Waals surface area (Å²) in [5, 5.41) is 10.7. The number of hydrogen-bond acceptors (Lipinski definition) is 3. The largest absolute Gasteiger partial charge is 0.490 e. The van der Waals surface area contributed by atoms with E-state index in [-0.39, 0.29) is 11.7 Å². The number of benzene rings is 1. The molecule has 1 fully saturated rings. The molecule has 3 rings (SSSR count). The number of nitrogens with zero attached hydrogens (tertiary/aromatic N) is 1. The van der Waals surface area contributed by atoms with Gasteiger partial charge in [0, 0.05) is 18.0 Å². The van der Waals surface area contributed by atoms with Crippen LogP contribution in [0.3, 0.4) is 0 Å². The van der Waals surface area contributed by atoms with Crippen LogP contribution >= 0.6 is 0 Å². The smallest absolute Gasteiger partial charge is 0.416 e. The van der Waals surface area contributed by atoms with Crippen molar-refractivity contribution >= 4 is 0 Å². The highest BCUT2D eigenvalue weighted by Crippen LogP contribution is 2.35. The highest BCUT2D eigenvalue weighted by molar-refractivity contribution is 5.39. The van der Waals surface area contributed by atoms with E-state index in [1.165, 1.54) is 31.2 Å². The molecule has 3 nitrogen and oxygen atoms in total. The zero-order chi connectivity index (χ0) is 18.6. The summed E-state index contributed by atoms with van der Waals surface area (Å²) in [6.07, 6.45) is 3.87. The zero-order valence-electron chi connectivity index (χ0n) is 14.4. The molecule has 1 saturated carbocycles. The quantitative estimate of drug-likeness (QED) is 0.749. The monoisotopic (exact) mass is 365 g/mol. The number of halogens is 3. The van der Waals surface area contributed by atoms with Crippen LogP contribution in [0.25, 0.3) is 0 Å². The van der Waals surface area contributed by atoms with Crippen LogP contribution < -0.4 is 4.74 Å². The van der Waals surface area contributed by atoms with Crippen molar-refractivity contribution in [2.24, 2.45) is 0 Å². The molecule has 1 aliphatic carbocycles. The summed E-state index contributed by atoms with van der Waals surface area (Å²) in [5.74, 6) is 0.483. The van der Waals surface area contributed by atoms with Crippen LogP contribution in [0.1, 0.15) is 61.3 Å². The van der Waals surface area contributed by atoms with E-state index < -0.39 is 17.8 Å². The van der Waals surface area contributed by atoms with E-state index in [2.05, 4.69) is 4.98 Å². The van der Waals surface area contributed by atoms with Gasteiger partial charge in [-0.25, -0.2) is 0 Å². The minimum Gasteiger partial charge on any atom is -0.490 e. The van der Waals surface area contributed by atoms with E-state index in [9.17, 15) is 18.3 Å². The Labute approximate surface area is 150 Å². The molecule has 1 atom stereocenters. The topological polar surface area (TPSA) is 42.4 Å². The molecule has 26 heavy (non-hydrogen) atoms. The summed E-state index contributed by atoms with van der Waals surface area (Å²) in [6, 6.07) is 6.39. The van der Waals surface area contributed by atoms with Crippen molar-refractivity contribution in [2.75, 3.05) is 0 Å². The van der Waals surface area contributed by atoms with Crippen molar-refractivity contribution < 1.29 is 23.0 Å². The highest BCUT2D eigenvalue weighted by Gasteiger charge is 2.31. The molecule has 0 saturated heterocycles. The fraction of sp³-hybridized carbons (Fsp3) is 0.450. The Kier molecular flexibility index (Phi) is 5.81. The summed E-state index contributed by atoms with van der Waals surface area (Å²) in [6.45, 7) is 0. The van der Waals surface area contributed by atoms with Gasteiger partial charge in [-0.2, -0.15) is 13.2 Å². The molecule has 0 amide bonds. The van der Waals surface area contributed by atoms with Gasteiger partial charge in [-0.3, -0.25) is 4.98 Å². The Morgan fingerprint density at radius 2 is 1.81 bits per heavy atom. The number of rotatable bonds is 4. The minimum atomic E-state index is -4.45. The Morgan fingerprint density at radius 1 is 1.08 bits per heavy atom. The lowest BCUT2D eigenvalue weighted by Gasteiger charge is -2.21. The summed E-state index contributed by atoms with van der Waals surface area (Å²) in [7, 11) is 0. The standard InChI is InChI=1S/C20H22F3NO2/c21-20(22,23)15-7-5-6-14(12-15)19(25)17-13-24-11-10-18(17)26-16-8-3-1-2-4-9-16/h5-7,10-13,16,19,25H,1-4,8-9H2. The van der Waals surface area contributed by atoms with Crippen molar-refractivity contribution in [2.45, 2.75) is 56.9 Å². The van der Waals surface area contributed by atoms with Crippen molar-refractivity contribution in [3.8, 4) is 5.75 Å². The predicted molar refractivity (Wildman–Crippen MR) is 91.9 cm³/mol. The molecule has 1 aromatic heterocycles. The molecule has 0 spiro atoms. The van der Waals surface area contributed by atoms with Gasteiger partial charge in [-0.05, 0) is 49.4 Å². The molecule has 140 valence electrons. The van der Waals surface area contributed by atoms with Crippen LogP contribution in [-0.4, -0.2) is 16.2 Å². The fourth-order valence-electron chi connectivity index (χ4n) is 3.31. The van der Waals surface area contributed by atoms with Crippen LogP contribution in [0.15, 0.2) is 42.7 Å². The van der Waals surface area contributed by atoms with Crippen molar-refractivity contribution in [3.05, 3.63) is 59.4 Å². The maximum atomic E-state index is 12.9. The van der Waals surface area contributed by atoms with Crippen LogP contribution in [0.4, 0.5) is 13.2 Å². The molecule has 1 aliphatic rings. The Bertz CT molecular complexity index is 725. The molecule has 1 aromatic carbocycles. The first-order chi connectivity index (χ1) is 12.4. The second kappa shape index (κ2) is 8.08. The SMILES string of the molecule is OC(c1cccc(C(F)(F)F)c1)c1cnccc1OC1CCCCCC1. The van der Waals surface area contributed by atoms with E-state index in [0.29, 0.717) is 11.3 Å². The number of alkyl halides is 3. The number of aliphatic hydroxyl groups excluding tert-OH is 1. The van der Waals surface area contributed by atoms with Gasteiger partial charge in [-0.15, -0.1) is 0 Å². The molecule has 0 aliphatic heterocycles. The summed E-state index contributed by atoms with van der Waals surface area (Å²) in [4.78, 5) is 4.01. The normalized spacial score (nSPS) is 17.5. The summed E-state index contributed by atoms with van der Waals surface area (Å²) < 4.78 is 44.9. The molecule has 1 N–H and O–H groups in total. The maximum Gasteiger partial charge on any atom is 0.416 e. The zero-order valence-corrected chi connectivity index (χ0v) is 14.4. The minimum absolute atomic E-state index is 0.0624. The van der Waals surface area contributed by atoms with Gasteiger partial charge in [0.25, 0.3) is 0 Å². The lowest BCUT2D eigenvalue weighted by atomic mass is 10.00. The van der Waals surface area contributed by atoms with Crippen LogP contribution in [0.2, 0.25) is 0 Å². The average Bonchev–Trinajstić information content (AvgIpc) is 2.90. The second-order valence-corrected chi connectivity index (χ2v) is 6.67. The van der Waals surface area contributed by atoms with Crippen LogP contribution in [-0.2, 0) is 6.18 Å².